The van der Waals surface area contributed by atoms with Gasteiger partial charge in [0.15, 0.2) is 5.82 Å². The summed E-state index contributed by atoms with van der Waals surface area (Å²) in [6, 6.07) is 1.99. The summed E-state index contributed by atoms with van der Waals surface area (Å²) >= 11 is 0. The lowest BCUT2D eigenvalue weighted by Crippen LogP contribution is -2.00. The molecule has 0 aliphatic rings. The van der Waals surface area contributed by atoms with Gasteiger partial charge in [0.05, 0.1) is 6.54 Å². The minimum Gasteiger partial charge on any atom is -0.346 e. The van der Waals surface area contributed by atoms with Crippen molar-refractivity contribution in [3.05, 3.63) is 35.7 Å². The first-order valence-electron chi connectivity index (χ1n) is 5.36. The molecule has 0 aliphatic heterocycles. The van der Waals surface area contributed by atoms with Crippen LogP contribution in [0, 0.1) is 0 Å². The Morgan fingerprint density at radius 3 is 2.88 bits per heavy atom. The number of rotatable bonds is 4. The summed E-state index contributed by atoms with van der Waals surface area (Å²) in [7, 11) is 0. The second-order valence-corrected chi connectivity index (χ2v) is 4.10. The highest BCUT2D eigenvalue weighted by Gasteiger charge is 2.09. The van der Waals surface area contributed by atoms with Gasteiger partial charge in [-0.05, 0) is 11.6 Å². The number of nitrogens with zero attached hydrogens (tertiary/aromatic N) is 3. The lowest BCUT2D eigenvalue weighted by molar-refractivity contribution is 0.360. The molecule has 0 aromatic carbocycles. The van der Waals surface area contributed by atoms with Gasteiger partial charge >= 0.3 is 0 Å². The van der Waals surface area contributed by atoms with Crippen LogP contribution in [0.15, 0.2) is 23.0 Å². The van der Waals surface area contributed by atoms with Gasteiger partial charge in [0, 0.05) is 24.9 Å². The molecule has 5 nitrogen and oxygen atoms in total. The van der Waals surface area contributed by atoms with Crippen molar-refractivity contribution in [2.75, 3.05) is 0 Å². The van der Waals surface area contributed by atoms with Gasteiger partial charge in [-0.2, -0.15) is 4.98 Å². The Morgan fingerprint density at radius 1 is 1.50 bits per heavy atom. The van der Waals surface area contributed by atoms with Crippen molar-refractivity contribution in [3.63, 3.8) is 0 Å². The zero-order valence-electron chi connectivity index (χ0n) is 9.55. The molecular formula is C11H16N4O. The van der Waals surface area contributed by atoms with Crippen LogP contribution >= 0.6 is 0 Å². The molecule has 2 N–H and O–H groups in total. The molecule has 0 radical (unpaired) electrons. The van der Waals surface area contributed by atoms with Crippen molar-refractivity contribution >= 4 is 0 Å². The van der Waals surface area contributed by atoms with E-state index in [1.807, 2.05) is 36.9 Å². The smallest absolute Gasteiger partial charge is 0.229 e. The minimum absolute atomic E-state index is 0.269. The highest BCUT2D eigenvalue weighted by molar-refractivity contribution is 5.10. The molecule has 0 atom stereocenters. The van der Waals surface area contributed by atoms with E-state index in [4.69, 9.17) is 10.3 Å². The zero-order valence-corrected chi connectivity index (χ0v) is 9.55. The first-order chi connectivity index (χ1) is 7.69. The lowest BCUT2D eigenvalue weighted by atomic mass is 10.2. The molecule has 2 aromatic rings. The Labute approximate surface area is 94.3 Å². The number of nitrogens with two attached hydrogens (primary N) is 1. The van der Waals surface area contributed by atoms with Gasteiger partial charge in [-0.1, -0.05) is 19.0 Å². The van der Waals surface area contributed by atoms with E-state index in [0.29, 0.717) is 24.8 Å². The molecule has 86 valence electrons. The molecule has 0 unspecified atom stereocenters. The van der Waals surface area contributed by atoms with Gasteiger partial charge in [-0.15, -0.1) is 0 Å². The summed E-state index contributed by atoms with van der Waals surface area (Å²) in [5.41, 5.74) is 6.64. The highest BCUT2D eigenvalue weighted by Crippen LogP contribution is 2.11. The fraction of sp³-hybridized carbons (Fsp3) is 0.455. The number of aromatic nitrogens is 3. The van der Waals surface area contributed by atoms with Crippen molar-refractivity contribution in [3.8, 4) is 0 Å². The van der Waals surface area contributed by atoms with E-state index in [-0.39, 0.29) is 5.92 Å². The van der Waals surface area contributed by atoms with Crippen molar-refractivity contribution in [1.82, 2.24) is 14.7 Å². The predicted octanol–water partition coefficient (Wildman–Crippen LogP) is 1.50. The van der Waals surface area contributed by atoms with Crippen molar-refractivity contribution < 1.29 is 4.52 Å². The molecule has 0 saturated heterocycles. The third-order valence-corrected chi connectivity index (χ3v) is 2.35. The minimum atomic E-state index is 0.269. The van der Waals surface area contributed by atoms with E-state index in [1.54, 1.807) is 0 Å². The molecule has 0 bridgehead atoms. The standard InChI is InChI=1S/C11H16N4O/c1-8(2)11-13-10(14-16-11)7-15-4-3-9(5-12)6-15/h3-4,6,8H,5,7,12H2,1-2H3. The molecule has 0 spiro atoms. The molecule has 16 heavy (non-hydrogen) atoms. The highest BCUT2D eigenvalue weighted by atomic mass is 16.5. The summed E-state index contributed by atoms with van der Waals surface area (Å²) in [4.78, 5) is 4.31. The molecule has 2 aromatic heterocycles. The lowest BCUT2D eigenvalue weighted by Gasteiger charge is -1.96. The Morgan fingerprint density at radius 2 is 2.31 bits per heavy atom. The van der Waals surface area contributed by atoms with Crippen LogP contribution in [-0.2, 0) is 13.1 Å². The third-order valence-electron chi connectivity index (χ3n) is 2.35. The second-order valence-electron chi connectivity index (χ2n) is 4.10. The summed E-state index contributed by atoms with van der Waals surface area (Å²) in [5.74, 6) is 1.65. The van der Waals surface area contributed by atoms with Crippen LogP contribution in [0.25, 0.3) is 0 Å². The van der Waals surface area contributed by atoms with Gasteiger partial charge in [0.2, 0.25) is 5.89 Å². The summed E-state index contributed by atoms with van der Waals surface area (Å²) in [6.07, 6.45) is 3.96. The van der Waals surface area contributed by atoms with Crippen LogP contribution in [-0.4, -0.2) is 14.7 Å². The maximum Gasteiger partial charge on any atom is 0.229 e. The van der Waals surface area contributed by atoms with Crippen LogP contribution in [0.4, 0.5) is 0 Å². The van der Waals surface area contributed by atoms with Crippen LogP contribution < -0.4 is 5.73 Å². The fourth-order valence-electron chi connectivity index (χ4n) is 1.44. The molecule has 0 amide bonds. The Bertz CT molecular complexity index is 458. The van der Waals surface area contributed by atoms with Gasteiger partial charge in [0.25, 0.3) is 0 Å². The van der Waals surface area contributed by atoms with E-state index < -0.39 is 0 Å². The SMILES string of the molecule is CC(C)c1nc(Cn2ccc(CN)c2)no1. The molecule has 0 aliphatic carbocycles. The summed E-state index contributed by atoms with van der Waals surface area (Å²) < 4.78 is 7.13. The monoisotopic (exact) mass is 220 g/mol. The van der Waals surface area contributed by atoms with E-state index in [0.717, 1.165) is 5.56 Å². The quantitative estimate of drug-likeness (QED) is 0.847. The van der Waals surface area contributed by atoms with Crippen LogP contribution in [0.5, 0.6) is 0 Å². The first kappa shape index (κ1) is 10.9. The van der Waals surface area contributed by atoms with E-state index in [9.17, 15) is 0 Å². The van der Waals surface area contributed by atoms with Crippen molar-refractivity contribution in [2.24, 2.45) is 5.73 Å². The van der Waals surface area contributed by atoms with Crippen molar-refractivity contribution in [1.29, 1.82) is 0 Å². The van der Waals surface area contributed by atoms with Gasteiger partial charge in [-0.25, -0.2) is 0 Å². The van der Waals surface area contributed by atoms with Gasteiger partial charge < -0.3 is 14.8 Å². The average molecular weight is 220 g/mol. The Balaban J connectivity index is 2.08. The van der Waals surface area contributed by atoms with Gasteiger partial charge in [-0.3, -0.25) is 0 Å². The molecule has 5 heteroatoms. The normalized spacial score (nSPS) is 11.2. The molecular weight excluding hydrogens is 204 g/mol. The Kier molecular flexibility index (Phi) is 3.05. The number of hydrogen-bond acceptors (Lipinski definition) is 4. The maximum atomic E-state index is 5.54. The topological polar surface area (TPSA) is 69.9 Å². The maximum absolute atomic E-state index is 5.54. The zero-order chi connectivity index (χ0) is 11.5. The largest absolute Gasteiger partial charge is 0.346 e. The average Bonchev–Trinajstić information content (AvgIpc) is 2.87. The van der Waals surface area contributed by atoms with Crippen LogP contribution in [0.1, 0.15) is 37.0 Å². The van der Waals surface area contributed by atoms with Crippen molar-refractivity contribution in [2.45, 2.75) is 32.9 Å². The summed E-state index contributed by atoms with van der Waals surface area (Å²) in [5, 5.41) is 3.93. The van der Waals surface area contributed by atoms with E-state index in [2.05, 4.69) is 10.1 Å². The molecule has 0 fully saturated rings. The summed E-state index contributed by atoms with van der Waals surface area (Å²) in [6.45, 7) is 5.23. The van der Waals surface area contributed by atoms with Crippen LogP contribution in [0.2, 0.25) is 0 Å². The molecule has 2 rings (SSSR count). The molecule has 2 heterocycles. The fourth-order valence-corrected chi connectivity index (χ4v) is 1.44. The Hall–Kier alpha value is -1.62. The molecule has 0 saturated carbocycles. The first-order valence-corrected chi connectivity index (χ1v) is 5.36. The third kappa shape index (κ3) is 2.30. The van der Waals surface area contributed by atoms with Crippen LogP contribution in [0.3, 0.4) is 0 Å². The van der Waals surface area contributed by atoms with E-state index in [1.165, 1.54) is 0 Å². The van der Waals surface area contributed by atoms with E-state index >= 15 is 0 Å². The van der Waals surface area contributed by atoms with Gasteiger partial charge in [0.1, 0.15) is 0 Å². The predicted molar refractivity (Wildman–Crippen MR) is 59.8 cm³/mol. The second kappa shape index (κ2) is 4.49. The number of hydrogen-bond donors (Lipinski definition) is 1.